The minimum atomic E-state index is -0.0344. The van der Waals surface area contributed by atoms with E-state index in [1.54, 1.807) is 18.2 Å². The van der Waals surface area contributed by atoms with Gasteiger partial charge in [-0.25, -0.2) is 0 Å². The van der Waals surface area contributed by atoms with Crippen LogP contribution in [0.25, 0.3) is 0 Å². The third-order valence-electron chi connectivity index (χ3n) is 3.71. The smallest absolute Gasteiger partial charge is 0.254 e. The van der Waals surface area contributed by atoms with Gasteiger partial charge in [0.05, 0.1) is 0 Å². The lowest BCUT2D eigenvalue weighted by Gasteiger charge is -2.39. The van der Waals surface area contributed by atoms with Gasteiger partial charge in [-0.2, -0.15) is 0 Å². The SMILES string of the molecule is CC1CCCN(C(=O)c2cccc(O)c2)C1CN. The van der Waals surface area contributed by atoms with Gasteiger partial charge in [0.1, 0.15) is 5.75 Å². The molecule has 3 N–H and O–H groups in total. The monoisotopic (exact) mass is 248 g/mol. The first-order chi connectivity index (χ1) is 8.63. The number of piperidine rings is 1. The summed E-state index contributed by atoms with van der Waals surface area (Å²) in [6.07, 6.45) is 2.13. The molecule has 0 bridgehead atoms. The van der Waals surface area contributed by atoms with E-state index < -0.39 is 0 Å². The summed E-state index contributed by atoms with van der Waals surface area (Å²) in [4.78, 5) is 14.3. The molecule has 2 atom stereocenters. The molecule has 1 heterocycles. The number of carbonyl (C=O) groups is 1. The van der Waals surface area contributed by atoms with E-state index in [1.165, 1.54) is 6.07 Å². The molecule has 1 amide bonds. The molecular formula is C14H20N2O2. The number of benzene rings is 1. The molecule has 1 fully saturated rings. The summed E-state index contributed by atoms with van der Waals surface area (Å²) < 4.78 is 0. The number of nitrogens with two attached hydrogens (primary N) is 1. The Hall–Kier alpha value is -1.55. The standard InChI is InChI=1S/C14H20N2O2/c1-10-4-3-7-16(13(10)9-15)14(18)11-5-2-6-12(17)8-11/h2,5-6,8,10,13,17H,3-4,7,9,15H2,1H3. The van der Waals surface area contributed by atoms with Gasteiger partial charge in [-0.1, -0.05) is 13.0 Å². The van der Waals surface area contributed by atoms with Crippen LogP contribution < -0.4 is 5.73 Å². The molecule has 2 rings (SSSR count). The normalized spacial score (nSPS) is 24.0. The highest BCUT2D eigenvalue weighted by molar-refractivity contribution is 5.94. The first-order valence-electron chi connectivity index (χ1n) is 6.43. The number of hydrogen-bond donors (Lipinski definition) is 2. The van der Waals surface area contributed by atoms with Crippen molar-refractivity contribution in [3.8, 4) is 5.75 Å². The van der Waals surface area contributed by atoms with Crippen LogP contribution in [-0.4, -0.2) is 35.0 Å². The zero-order valence-corrected chi connectivity index (χ0v) is 10.7. The Morgan fingerprint density at radius 3 is 3.00 bits per heavy atom. The number of amides is 1. The van der Waals surface area contributed by atoms with E-state index in [0.29, 0.717) is 18.0 Å². The first kappa shape index (κ1) is 12.9. The average Bonchev–Trinajstić information content (AvgIpc) is 2.37. The van der Waals surface area contributed by atoms with Crippen LogP contribution >= 0.6 is 0 Å². The van der Waals surface area contributed by atoms with Crippen molar-refractivity contribution in [3.63, 3.8) is 0 Å². The maximum Gasteiger partial charge on any atom is 0.254 e. The number of rotatable bonds is 2. The number of phenolic OH excluding ortho intramolecular Hbond substituents is 1. The number of hydrogen-bond acceptors (Lipinski definition) is 3. The van der Waals surface area contributed by atoms with Crippen molar-refractivity contribution < 1.29 is 9.90 Å². The van der Waals surface area contributed by atoms with Crippen LogP contribution in [0.1, 0.15) is 30.1 Å². The van der Waals surface area contributed by atoms with Gasteiger partial charge in [0.2, 0.25) is 0 Å². The van der Waals surface area contributed by atoms with Crippen LogP contribution in [0.3, 0.4) is 0 Å². The van der Waals surface area contributed by atoms with Crippen molar-refractivity contribution in [2.45, 2.75) is 25.8 Å². The molecule has 0 aromatic heterocycles. The molecule has 1 aliphatic rings. The zero-order valence-electron chi connectivity index (χ0n) is 10.7. The van der Waals surface area contributed by atoms with Crippen LogP contribution in [0.4, 0.5) is 0 Å². The molecule has 1 aromatic carbocycles. The quantitative estimate of drug-likeness (QED) is 0.835. The maximum atomic E-state index is 12.4. The number of nitrogens with zero attached hydrogens (tertiary/aromatic N) is 1. The Kier molecular flexibility index (Phi) is 3.87. The van der Waals surface area contributed by atoms with Crippen molar-refractivity contribution in [2.75, 3.05) is 13.1 Å². The van der Waals surface area contributed by atoms with E-state index >= 15 is 0 Å². The summed E-state index contributed by atoms with van der Waals surface area (Å²) in [5.74, 6) is 0.521. The second-order valence-corrected chi connectivity index (χ2v) is 4.97. The van der Waals surface area contributed by atoms with E-state index in [9.17, 15) is 9.90 Å². The first-order valence-corrected chi connectivity index (χ1v) is 6.43. The van der Waals surface area contributed by atoms with E-state index in [-0.39, 0.29) is 17.7 Å². The van der Waals surface area contributed by atoms with E-state index in [4.69, 9.17) is 5.73 Å². The predicted octanol–water partition coefficient (Wildman–Crippen LogP) is 1.59. The summed E-state index contributed by atoms with van der Waals surface area (Å²) in [5, 5.41) is 9.44. The Morgan fingerprint density at radius 1 is 1.56 bits per heavy atom. The van der Waals surface area contributed by atoms with Gasteiger partial charge in [0.25, 0.3) is 5.91 Å². The summed E-state index contributed by atoms with van der Waals surface area (Å²) in [5.41, 5.74) is 6.32. The molecule has 0 radical (unpaired) electrons. The van der Waals surface area contributed by atoms with Crippen molar-refractivity contribution in [1.29, 1.82) is 0 Å². The van der Waals surface area contributed by atoms with Gasteiger partial charge in [0.15, 0.2) is 0 Å². The van der Waals surface area contributed by atoms with Crippen LogP contribution in [-0.2, 0) is 0 Å². The Bertz CT molecular complexity index is 434. The minimum absolute atomic E-state index is 0.0344. The highest BCUT2D eigenvalue weighted by Gasteiger charge is 2.31. The summed E-state index contributed by atoms with van der Waals surface area (Å²) in [6.45, 7) is 3.38. The molecular weight excluding hydrogens is 228 g/mol. The third-order valence-corrected chi connectivity index (χ3v) is 3.71. The molecule has 2 unspecified atom stereocenters. The van der Waals surface area contributed by atoms with Crippen LogP contribution in [0.5, 0.6) is 5.75 Å². The second kappa shape index (κ2) is 5.40. The van der Waals surface area contributed by atoms with E-state index in [1.807, 2.05) is 4.90 Å². The molecule has 98 valence electrons. The van der Waals surface area contributed by atoms with Crippen molar-refractivity contribution in [2.24, 2.45) is 11.7 Å². The van der Waals surface area contributed by atoms with Gasteiger partial charge in [-0.15, -0.1) is 0 Å². The third kappa shape index (κ3) is 2.48. The van der Waals surface area contributed by atoms with Crippen molar-refractivity contribution >= 4 is 5.91 Å². The molecule has 4 heteroatoms. The molecule has 1 saturated heterocycles. The minimum Gasteiger partial charge on any atom is -0.508 e. The number of aromatic hydroxyl groups is 1. The fraction of sp³-hybridized carbons (Fsp3) is 0.500. The van der Waals surface area contributed by atoms with Gasteiger partial charge in [-0.05, 0) is 37.0 Å². The number of likely N-dealkylation sites (tertiary alicyclic amines) is 1. The van der Waals surface area contributed by atoms with Gasteiger partial charge < -0.3 is 15.7 Å². The average molecular weight is 248 g/mol. The maximum absolute atomic E-state index is 12.4. The Morgan fingerprint density at radius 2 is 2.33 bits per heavy atom. The molecule has 4 nitrogen and oxygen atoms in total. The van der Waals surface area contributed by atoms with E-state index in [0.717, 1.165) is 19.4 Å². The molecule has 18 heavy (non-hydrogen) atoms. The molecule has 1 aromatic rings. The van der Waals surface area contributed by atoms with Crippen LogP contribution in [0.15, 0.2) is 24.3 Å². The molecule has 1 aliphatic heterocycles. The second-order valence-electron chi connectivity index (χ2n) is 4.97. The number of phenols is 1. The number of carbonyl (C=O) groups excluding carboxylic acids is 1. The summed E-state index contributed by atoms with van der Waals surface area (Å²) in [6, 6.07) is 6.60. The summed E-state index contributed by atoms with van der Waals surface area (Å²) >= 11 is 0. The lowest BCUT2D eigenvalue weighted by atomic mass is 9.90. The lowest BCUT2D eigenvalue weighted by Crippen LogP contribution is -2.51. The van der Waals surface area contributed by atoms with Gasteiger partial charge in [0, 0.05) is 24.7 Å². The lowest BCUT2D eigenvalue weighted by molar-refractivity contribution is 0.0532. The largest absolute Gasteiger partial charge is 0.508 e. The predicted molar refractivity (Wildman–Crippen MR) is 70.4 cm³/mol. The fourth-order valence-electron chi connectivity index (χ4n) is 2.67. The van der Waals surface area contributed by atoms with Gasteiger partial charge in [-0.3, -0.25) is 4.79 Å². The topological polar surface area (TPSA) is 66.6 Å². The Balaban J connectivity index is 2.21. The fourth-order valence-corrected chi connectivity index (χ4v) is 2.67. The summed E-state index contributed by atoms with van der Waals surface area (Å²) in [7, 11) is 0. The zero-order chi connectivity index (χ0) is 13.1. The van der Waals surface area contributed by atoms with Gasteiger partial charge >= 0.3 is 0 Å². The van der Waals surface area contributed by atoms with Crippen LogP contribution in [0, 0.1) is 5.92 Å². The molecule has 0 saturated carbocycles. The van der Waals surface area contributed by atoms with Crippen molar-refractivity contribution in [1.82, 2.24) is 4.90 Å². The van der Waals surface area contributed by atoms with Crippen molar-refractivity contribution in [3.05, 3.63) is 29.8 Å². The van der Waals surface area contributed by atoms with E-state index in [2.05, 4.69) is 6.92 Å². The highest BCUT2D eigenvalue weighted by atomic mass is 16.3. The Labute approximate surface area is 107 Å². The van der Waals surface area contributed by atoms with Crippen LogP contribution in [0.2, 0.25) is 0 Å². The highest BCUT2D eigenvalue weighted by Crippen LogP contribution is 2.25. The molecule has 0 spiro atoms. The molecule has 0 aliphatic carbocycles.